The topological polar surface area (TPSA) is 125 Å². The number of pyridine rings is 1. The van der Waals surface area contributed by atoms with Crippen molar-refractivity contribution < 1.29 is 26.4 Å². The number of carbonyl (C=O) groups excluding carboxylic acids is 1. The number of nitrogens with two attached hydrogens (primary N) is 1. The van der Waals surface area contributed by atoms with Crippen LogP contribution in [0.15, 0.2) is 46.3 Å². The Labute approximate surface area is 192 Å². The molecular weight excluding hydrogens is 473 g/mol. The number of alkyl halides is 3. The van der Waals surface area contributed by atoms with Crippen molar-refractivity contribution in [3.8, 4) is 5.82 Å². The molecule has 1 aromatic carbocycles. The van der Waals surface area contributed by atoms with Crippen LogP contribution in [0.3, 0.4) is 0 Å². The Bertz CT molecular complexity index is 1510. The van der Waals surface area contributed by atoms with Crippen LogP contribution in [0.25, 0.3) is 16.6 Å². The number of amides is 1. The summed E-state index contributed by atoms with van der Waals surface area (Å²) in [4.78, 5) is 29.2. The van der Waals surface area contributed by atoms with Gasteiger partial charge in [0.25, 0.3) is 5.56 Å². The fourth-order valence-corrected chi connectivity index (χ4v) is 5.39. The molecule has 0 bridgehead atoms. The molecule has 1 unspecified atom stereocenters. The highest BCUT2D eigenvalue weighted by atomic mass is 32.2. The molecule has 1 atom stereocenters. The van der Waals surface area contributed by atoms with Crippen LogP contribution in [-0.2, 0) is 26.2 Å². The molecule has 8 nitrogen and oxygen atoms in total. The van der Waals surface area contributed by atoms with E-state index in [4.69, 9.17) is 5.73 Å². The molecule has 2 heterocycles. The first-order chi connectivity index (χ1) is 15.7. The van der Waals surface area contributed by atoms with Crippen LogP contribution in [0.4, 0.5) is 13.2 Å². The highest BCUT2D eigenvalue weighted by Crippen LogP contribution is 2.64. The first-order valence-corrected chi connectivity index (χ1v) is 11.9. The van der Waals surface area contributed by atoms with Gasteiger partial charge in [0.15, 0.2) is 15.7 Å². The maximum atomic E-state index is 13.2. The number of rotatable bonds is 5. The Morgan fingerprint density at radius 1 is 1.21 bits per heavy atom. The summed E-state index contributed by atoms with van der Waals surface area (Å²) in [7, 11) is -3.99. The monoisotopic (exact) mass is 494 g/mol. The molecule has 0 saturated heterocycles. The number of halogens is 3. The third kappa shape index (κ3) is 3.47. The molecule has 1 saturated carbocycles. The van der Waals surface area contributed by atoms with Crippen LogP contribution in [0, 0.1) is 5.41 Å². The molecule has 1 fully saturated rings. The predicted octanol–water partition coefficient (Wildman–Crippen LogP) is 2.75. The second kappa shape index (κ2) is 7.36. The Morgan fingerprint density at radius 2 is 1.85 bits per heavy atom. The van der Waals surface area contributed by atoms with E-state index in [-0.39, 0.29) is 32.8 Å². The second-order valence-electron chi connectivity index (χ2n) is 8.94. The van der Waals surface area contributed by atoms with Crippen molar-refractivity contribution in [2.45, 2.75) is 43.7 Å². The van der Waals surface area contributed by atoms with Gasteiger partial charge in [-0.3, -0.25) is 9.59 Å². The van der Waals surface area contributed by atoms with Gasteiger partial charge in [0.1, 0.15) is 4.90 Å². The van der Waals surface area contributed by atoms with Crippen molar-refractivity contribution in [2.75, 3.05) is 5.75 Å². The van der Waals surface area contributed by atoms with Crippen LogP contribution in [0.5, 0.6) is 0 Å². The normalized spacial score (nSPS) is 19.8. The van der Waals surface area contributed by atoms with Crippen LogP contribution >= 0.6 is 0 Å². The van der Waals surface area contributed by atoms with E-state index in [1.807, 2.05) is 13.8 Å². The molecule has 34 heavy (non-hydrogen) atoms. The number of hydrogen-bond donors (Lipinski definition) is 1. The lowest BCUT2D eigenvalue weighted by atomic mass is 9.88. The van der Waals surface area contributed by atoms with Gasteiger partial charge in [0.05, 0.1) is 28.3 Å². The van der Waals surface area contributed by atoms with Crippen molar-refractivity contribution in [2.24, 2.45) is 11.1 Å². The van der Waals surface area contributed by atoms with Gasteiger partial charge in [-0.05, 0) is 35.6 Å². The van der Waals surface area contributed by atoms with Crippen LogP contribution in [0.1, 0.15) is 38.3 Å². The minimum Gasteiger partial charge on any atom is -0.369 e. The van der Waals surface area contributed by atoms with Gasteiger partial charge < -0.3 is 5.73 Å². The van der Waals surface area contributed by atoms with Crippen LogP contribution in [0.2, 0.25) is 0 Å². The molecule has 1 amide bonds. The Hall–Kier alpha value is -3.28. The van der Waals surface area contributed by atoms with E-state index in [2.05, 4.69) is 10.1 Å². The van der Waals surface area contributed by atoms with Crippen LogP contribution < -0.4 is 11.3 Å². The summed E-state index contributed by atoms with van der Waals surface area (Å²) in [6, 6.07) is 3.88. The van der Waals surface area contributed by atoms with Gasteiger partial charge in [-0.2, -0.15) is 23.0 Å². The standard InChI is InChI=1S/C22H21F3N4O4S/c1-4-34(32,33)16-8-14(21(19(26)31)11-20(21,2)3)10-27-17(16)29-18(30)15-7-13(22(23,24)25)6-5-12(15)9-28-29/h5-10H,4,11H2,1-3H3,(H2,26,31). The molecule has 0 radical (unpaired) electrons. The lowest BCUT2D eigenvalue weighted by Crippen LogP contribution is -2.33. The quantitative estimate of drug-likeness (QED) is 0.582. The van der Waals surface area contributed by atoms with E-state index >= 15 is 0 Å². The van der Waals surface area contributed by atoms with Gasteiger partial charge in [-0.15, -0.1) is 0 Å². The smallest absolute Gasteiger partial charge is 0.369 e. The molecule has 4 rings (SSSR count). The zero-order valence-corrected chi connectivity index (χ0v) is 19.3. The minimum atomic E-state index is -4.68. The zero-order chi connectivity index (χ0) is 25.3. The van der Waals surface area contributed by atoms with E-state index in [1.165, 1.54) is 19.2 Å². The number of hydrogen-bond acceptors (Lipinski definition) is 6. The summed E-state index contributed by atoms with van der Waals surface area (Å²) in [6.07, 6.45) is -1.88. The fraction of sp³-hybridized carbons (Fsp3) is 0.364. The molecule has 180 valence electrons. The van der Waals surface area contributed by atoms with Gasteiger partial charge >= 0.3 is 6.18 Å². The van der Waals surface area contributed by atoms with Gasteiger partial charge in [-0.25, -0.2) is 13.4 Å². The van der Waals surface area contributed by atoms with Crippen molar-refractivity contribution in [3.05, 3.63) is 58.1 Å². The first kappa shape index (κ1) is 23.9. The average molecular weight is 494 g/mol. The number of carbonyl (C=O) groups is 1. The number of aromatic nitrogens is 3. The highest BCUT2D eigenvalue weighted by molar-refractivity contribution is 7.91. The number of sulfone groups is 1. The van der Waals surface area contributed by atoms with E-state index in [1.54, 1.807) is 0 Å². The Balaban J connectivity index is 1.99. The van der Waals surface area contributed by atoms with E-state index in [0.717, 1.165) is 18.3 Å². The molecule has 0 aliphatic heterocycles. The maximum absolute atomic E-state index is 13.2. The van der Waals surface area contributed by atoms with Crippen molar-refractivity contribution in [3.63, 3.8) is 0 Å². The summed E-state index contributed by atoms with van der Waals surface area (Å²) in [5, 5.41) is 3.80. The van der Waals surface area contributed by atoms with Gasteiger partial charge in [0, 0.05) is 11.6 Å². The second-order valence-corrected chi connectivity index (χ2v) is 11.2. The lowest BCUT2D eigenvalue weighted by molar-refractivity contribution is -0.137. The Kier molecular flexibility index (Phi) is 5.16. The van der Waals surface area contributed by atoms with Crippen molar-refractivity contribution in [1.82, 2.24) is 14.8 Å². The average Bonchev–Trinajstić information content (AvgIpc) is 3.36. The number of benzene rings is 1. The summed E-state index contributed by atoms with van der Waals surface area (Å²) < 4.78 is 66.1. The molecule has 0 spiro atoms. The van der Waals surface area contributed by atoms with E-state index in [9.17, 15) is 31.2 Å². The number of primary amides is 1. The first-order valence-electron chi connectivity index (χ1n) is 10.3. The zero-order valence-electron chi connectivity index (χ0n) is 18.5. The SMILES string of the molecule is CCS(=O)(=O)c1cc(C2(C(N)=O)CC2(C)C)cnc1-n1ncc2ccc(C(F)(F)F)cc2c1=O. The minimum absolute atomic E-state index is 0.151. The van der Waals surface area contributed by atoms with Gasteiger partial charge in [0.2, 0.25) is 5.91 Å². The number of fused-ring (bicyclic) bond motifs is 1. The molecular formula is C22H21F3N4O4S. The molecule has 12 heteroatoms. The predicted molar refractivity (Wildman–Crippen MR) is 117 cm³/mol. The molecule has 2 aromatic heterocycles. The number of nitrogens with zero attached hydrogens (tertiary/aromatic N) is 3. The van der Waals surface area contributed by atoms with Gasteiger partial charge in [-0.1, -0.05) is 26.8 Å². The van der Waals surface area contributed by atoms with E-state index < -0.39 is 43.9 Å². The Morgan fingerprint density at radius 3 is 2.38 bits per heavy atom. The van der Waals surface area contributed by atoms with Crippen molar-refractivity contribution >= 4 is 26.5 Å². The summed E-state index contributed by atoms with van der Waals surface area (Å²) >= 11 is 0. The van der Waals surface area contributed by atoms with E-state index in [0.29, 0.717) is 17.2 Å². The summed E-state index contributed by atoms with van der Waals surface area (Å²) in [5.74, 6) is -1.35. The highest BCUT2D eigenvalue weighted by Gasteiger charge is 2.66. The molecule has 3 aromatic rings. The van der Waals surface area contributed by atoms with Crippen LogP contribution in [-0.4, -0.2) is 34.8 Å². The fourth-order valence-electron chi connectivity index (χ4n) is 4.36. The summed E-state index contributed by atoms with van der Waals surface area (Å²) in [6.45, 7) is 5.02. The molecule has 2 N–H and O–H groups in total. The molecule has 1 aliphatic rings. The lowest BCUT2D eigenvalue weighted by Gasteiger charge is -2.19. The third-order valence-electron chi connectivity index (χ3n) is 6.52. The summed E-state index contributed by atoms with van der Waals surface area (Å²) in [5.41, 5.74) is 2.28. The molecule has 1 aliphatic carbocycles. The van der Waals surface area contributed by atoms with Crippen molar-refractivity contribution in [1.29, 1.82) is 0 Å². The maximum Gasteiger partial charge on any atom is 0.416 e. The largest absolute Gasteiger partial charge is 0.416 e. The third-order valence-corrected chi connectivity index (χ3v) is 8.25.